The molecule has 4 heterocycles. The molecular formula is C43H32N6. The van der Waals surface area contributed by atoms with Crippen LogP contribution in [0.1, 0.15) is 49.9 Å². The van der Waals surface area contributed by atoms with Gasteiger partial charge in [0.1, 0.15) is 11.3 Å². The van der Waals surface area contributed by atoms with E-state index in [0.717, 1.165) is 33.2 Å². The molecule has 49 heavy (non-hydrogen) atoms. The Morgan fingerprint density at radius 3 is 1.39 bits per heavy atom. The first kappa shape index (κ1) is 28.0. The molecule has 8 aromatic rings. The van der Waals surface area contributed by atoms with Gasteiger partial charge in [0.25, 0.3) is 0 Å². The average Bonchev–Trinajstić information content (AvgIpc) is 3.68. The maximum atomic E-state index is 5.20. The molecule has 0 spiro atoms. The lowest BCUT2D eigenvalue weighted by atomic mass is 9.82. The van der Waals surface area contributed by atoms with Crippen molar-refractivity contribution in [1.29, 1.82) is 0 Å². The second-order valence-corrected chi connectivity index (χ2v) is 14.2. The van der Waals surface area contributed by atoms with E-state index in [9.17, 15) is 0 Å². The Kier molecular flexibility index (Phi) is 5.59. The molecule has 4 aromatic carbocycles. The monoisotopic (exact) mass is 632 g/mol. The van der Waals surface area contributed by atoms with E-state index >= 15 is 0 Å². The summed E-state index contributed by atoms with van der Waals surface area (Å²) in [6, 6.07) is 38.7. The van der Waals surface area contributed by atoms with Crippen LogP contribution in [-0.4, -0.2) is 29.5 Å². The van der Waals surface area contributed by atoms with Gasteiger partial charge in [-0.1, -0.05) is 100 Å². The van der Waals surface area contributed by atoms with Gasteiger partial charge in [0.05, 0.1) is 0 Å². The predicted molar refractivity (Wildman–Crippen MR) is 196 cm³/mol. The summed E-state index contributed by atoms with van der Waals surface area (Å²) < 4.78 is 1.97. The molecule has 0 fully saturated rings. The predicted octanol–water partition coefficient (Wildman–Crippen LogP) is 9.71. The quantitative estimate of drug-likeness (QED) is 0.194. The van der Waals surface area contributed by atoms with Crippen LogP contribution in [0, 0.1) is 0 Å². The Morgan fingerprint density at radius 1 is 0.449 bits per heavy atom. The maximum Gasteiger partial charge on any atom is 0.241 e. The third-order valence-electron chi connectivity index (χ3n) is 10.8. The summed E-state index contributed by atoms with van der Waals surface area (Å²) in [7, 11) is 0. The fourth-order valence-corrected chi connectivity index (χ4v) is 8.30. The average molecular weight is 633 g/mol. The number of pyridine rings is 2. The molecule has 0 saturated carbocycles. The zero-order valence-electron chi connectivity index (χ0n) is 27.7. The SMILES string of the molecule is CC1(C)c2ccccc2-c2cc(-c3nc(-c4ccc5c(c4)-c4ccccc4C5(C)C)nc(-n4c5ncccc5c5cccnc54)n3)ccc21. The van der Waals surface area contributed by atoms with E-state index < -0.39 is 0 Å². The van der Waals surface area contributed by atoms with Crippen LogP contribution in [0.15, 0.2) is 122 Å². The lowest BCUT2D eigenvalue weighted by Gasteiger charge is -2.21. The standard InChI is InChI=1S/C43H32N6/c1-42(2)33-15-7-5-11-27(33)31-23-25(17-19-35(31)42)37-46-38(26-18-20-36-32(24-26)28-12-6-8-16-34(28)43(36,3)4)48-41(47-37)49-39-29(13-9-21-44-39)30-14-10-22-45-40(30)49/h5-24H,1-4H3. The molecule has 6 nitrogen and oxygen atoms in total. The van der Waals surface area contributed by atoms with Gasteiger partial charge in [0.15, 0.2) is 11.6 Å². The fourth-order valence-electron chi connectivity index (χ4n) is 8.30. The van der Waals surface area contributed by atoms with Crippen molar-refractivity contribution in [2.75, 3.05) is 0 Å². The molecule has 0 N–H and O–H groups in total. The minimum absolute atomic E-state index is 0.0886. The molecule has 234 valence electrons. The number of benzene rings is 4. The highest BCUT2D eigenvalue weighted by Gasteiger charge is 2.36. The van der Waals surface area contributed by atoms with Crippen molar-refractivity contribution in [1.82, 2.24) is 29.5 Å². The molecule has 0 bridgehead atoms. The van der Waals surface area contributed by atoms with Gasteiger partial charge >= 0.3 is 0 Å². The molecule has 2 aliphatic carbocycles. The van der Waals surface area contributed by atoms with Crippen molar-refractivity contribution in [3.8, 4) is 51.0 Å². The number of hydrogen-bond acceptors (Lipinski definition) is 5. The highest BCUT2D eigenvalue weighted by Crippen LogP contribution is 2.51. The summed E-state index contributed by atoms with van der Waals surface area (Å²) in [4.78, 5) is 25.2. The lowest BCUT2D eigenvalue weighted by Crippen LogP contribution is -2.14. The number of aromatic nitrogens is 6. The van der Waals surface area contributed by atoms with E-state index in [-0.39, 0.29) is 10.8 Å². The van der Waals surface area contributed by atoms with Gasteiger partial charge in [-0.15, -0.1) is 0 Å². The smallest absolute Gasteiger partial charge is 0.241 e. The Balaban J connectivity index is 1.23. The van der Waals surface area contributed by atoms with E-state index in [1.807, 2.05) is 16.7 Å². The van der Waals surface area contributed by atoms with Crippen LogP contribution in [0.4, 0.5) is 0 Å². The Bertz CT molecular complexity index is 2500. The molecular weight excluding hydrogens is 601 g/mol. The largest absolute Gasteiger partial charge is 0.245 e. The molecule has 2 aliphatic rings. The summed E-state index contributed by atoms with van der Waals surface area (Å²) in [5, 5.41) is 2.00. The summed E-state index contributed by atoms with van der Waals surface area (Å²) in [6.07, 6.45) is 3.61. The Morgan fingerprint density at radius 2 is 0.898 bits per heavy atom. The van der Waals surface area contributed by atoms with Crippen molar-refractivity contribution >= 4 is 22.1 Å². The van der Waals surface area contributed by atoms with Crippen molar-refractivity contribution in [2.45, 2.75) is 38.5 Å². The molecule has 0 saturated heterocycles. The number of nitrogens with zero attached hydrogens (tertiary/aromatic N) is 6. The van der Waals surface area contributed by atoms with Gasteiger partial charge in [-0.2, -0.15) is 9.97 Å². The van der Waals surface area contributed by atoms with Gasteiger partial charge in [0, 0.05) is 45.1 Å². The number of hydrogen-bond donors (Lipinski definition) is 0. The third kappa shape index (κ3) is 3.85. The molecule has 0 amide bonds. The third-order valence-corrected chi connectivity index (χ3v) is 10.8. The maximum absolute atomic E-state index is 5.20. The zero-order chi connectivity index (χ0) is 33.1. The molecule has 0 aliphatic heterocycles. The summed E-state index contributed by atoms with van der Waals surface area (Å²) in [5.74, 6) is 1.70. The molecule has 10 rings (SSSR count). The molecule has 0 radical (unpaired) electrons. The van der Waals surface area contributed by atoms with Crippen molar-refractivity contribution in [3.63, 3.8) is 0 Å². The van der Waals surface area contributed by atoms with E-state index in [1.165, 1.54) is 44.5 Å². The van der Waals surface area contributed by atoms with Crippen molar-refractivity contribution < 1.29 is 0 Å². The highest BCUT2D eigenvalue weighted by atomic mass is 15.2. The van der Waals surface area contributed by atoms with Crippen molar-refractivity contribution in [3.05, 3.63) is 144 Å². The minimum atomic E-state index is -0.0886. The first-order valence-electron chi connectivity index (χ1n) is 16.8. The lowest BCUT2D eigenvalue weighted by molar-refractivity contribution is 0.660. The van der Waals surface area contributed by atoms with Crippen LogP contribution in [0.5, 0.6) is 0 Å². The van der Waals surface area contributed by atoms with Gasteiger partial charge in [-0.25, -0.2) is 19.5 Å². The van der Waals surface area contributed by atoms with Gasteiger partial charge in [0.2, 0.25) is 5.95 Å². The van der Waals surface area contributed by atoms with E-state index in [2.05, 4.69) is 125 Å². The Hall–Kier alpha value is -6.01. The van der Waals surface area contributed by atoms with Gasteiger partial charge < -0.3 is 0 Å². The minimum Gasteiger partial charge on any atom is -0.245 e. The summed E-state index contributed by atoms with van der Waals surface area (Å²) in [5.41, 5.74) is 13.5. The van der Waals surface area contributed by atoms with Crippen LogP contribution in [-0.2, 0) is 10.8 Å². The van der Waals surface area contributed by atoms with Crippen molar-refractivity contribution in [2.24, 2.45) is 0 Å². The molecule has 6 heteroatoms. The van der Waals surface area contributed by atoms with Crippen LogP contribution in [0.3, 0.4) is 0 Å². The van der Waals surface area contributed by atoms with Crippen LogP contribution in [0.2, 0.25) is 0 Å². The van der Waals surface area contributed by atoms with Crippen LogP contribution < -0.4 is 0 Å². The summed E-state index contributed by atoms with van der Waals surface area (Å²) >= 11 is 0. The molecule has 0 atom stereocenters. The first-order chi connectivity index (χ1) is 23.8. The first-order valence-corrected chi connectivity index (χ1v) is 16.8. The van der Waals surface area contributed by atoms with Gasteiger partial charge in [-0.05, 0) is 80.9 Å². The fraction of sp³-hybridized carbons (Fsp3) is 0.140. The van der Waals surface area contributed by atoms with E-state index in [1.54, 1.807) is 12.4 Å². The van der Waals surface area contributed by atoms with E-state index in [4.69, 9.17) is 24.9 Å². The highest BCUT2D eigenvalue weighted by molar-refractivity contribution is 6.06. The molecule has 4 aromatic heterocycles. The number of fused-ring (bicyclic) bond motifs is 9. The molecule has 0 unspecified atom stereocenters. The van der Waals surface area contributed by atoms with E-state index in [0.29, 0.717) is 17.6 Å². The van der Waals surface area contributed by atoms with Gasteiger partial charge in [-0.3, -0.25) is 0 Å². The topological polar surface area (TPSA) is 69.4 Å². The normalized spacial score (nSPS) is 14.9. The zero-order valence-corrected chi connectivity index (χ0v) is 27.7. The second kappa shape index (κ2) is 9.77. The summed E-state index contributed by atoms with van der Waals surface area (Å²) in [6.45, 7) is 9.19. The Labute approximate surface area is 284 Å². The second-order valence-electron chi connectivity index (χ2n) is 14.2. The van der Waals surface area contributed by atoms with Crippen LogP contribution >= 0.6 is 0 Å². The number of rotatable bonds is 3. The van der Waals surface area contributed by atoms with Crippen LogP contribution in [0.25, 0.3) is 73.0 Å².